The molecular formula is C41H61N5O5. The lowest BCUT2D eigenvalue weighted by atomic mass is 9.45. The quantitative estimate of drug-likeness (QED) is 0.258. The number of aliphatic hydroxyl groups excluding tert-OH is 2. The fourth-order valence-electron chi connectivity index (χ4n) is 10.0. The van der Waals surface area contributed by atoms with Gasteiger partial charge in [0.15, 0.2) is 0 Å². The summed E-state index contributed by atoms with van der Waals surface area (Å²) >= 11 is 0. The number of nitrogens with one attached hydrogen (secondary N) is 2. The van der Waals surface area contributed by atoms with Crippen molar-refractivity contribution >= 4 is 17.5 Å². The molecule has 51 heavy (non-hydrogen) atoms. The summed E-state index contributed by atoms with van der Waals surface area (Å²) in [5, 5.41) is 28.6. The molecular weight excluding hydrogens is 642 g/mol. The van der Waals surface area contributed by atoms with Gasteiger partial charge in [-0.3, -0.25) is 19.4 Å². The van der Waals surface area contributed by atoms with Gasteiger partial charge in [0.2, 0.25) is 5.91 Å². The van der Waals surface area contributed by atoms with E-state index in [0.717, 1.165) is 54.7 Å². The Morgan fingerprint density at radius 1 is 1.14 bits per heavy atom. The summed E-state index contributed by atoms with van der Waals surface area (Å²) in [6.45, 7) is 14.1. The number of likely N-dealkylation sites (tertiary alicyclic amines) is 2. The number of nitrogens with zero attached hydrogens (tertiary/aromatic N) is 3. The predicted octanol–water partition coefficient (Wildman–Crippen LogP) is 4.37. The fraction of sp³-hybridized carbons (Fsp3) is 0.659. The molecule has 7 rings (SSSR count). The van der Waals surface area contributed by atoms with Gasteiger partial charge in [0.25, 0.3) is 5.91 Å². The van der Waals surface area contributed by atoms with Crippen LogP contribution in [-0.4, -0.2) is 110 Å². The Labute approximate surface area is 304 Å². The van der Waals surface area contributed by atoms with Crippen molar-refractivity contribution in [3.63, 3.8) is 0 Å². The lowest BCUT2D eigenvalue weighted by Crippen LogP contribution is -2.62. The minimum Gasteiger partial charge on any atom is -0.496 e. The maximum atomic E-state index is 14.2. The van der Waals surface area contributed by atoms with Gasteiger partial charge >= 0.3 is 0 Å². The minimum atomic E-state index is -0.859. The van der Waals surface area contributed by atoms with E-state index < -0.39 is 24.2 Å². The molecule has 2 bridgehead atoms. The Balaban J connectivity index is 1.25. The molecule has 9 atom stereocenters. The van der Waals surface area contributed by atoms with Crippen molar-refractivity contribution in [2.45, 2.75) is 97.2 Å². The molecule has 2 aliphatic heterocycles. The lowest BCUT2D eigenvalue weighted by molar-refractivity contribution is -0.139. The highest BCUT2D eigenvalue weighted by Crippen LogP contribution is 2.61. The van der Waals surface area contributed by atoms with Crippen LogP contribution >= 0.6 is 0 Å². The average Bonchev–Trinajstić information content (AvgIpc) is 3.70. The number of para-hydroxylation sites is 1. The zero-order valence-corrected chi connectivity index (χ0v) is 32.0. The summed E-state index contributed by atoms with van der Waals surface area (Å²) in [6.07, 6.45) is 2.73. The van der Waals surface area contributed by atoms with Crippen LogP contribution in [0.1, 0.15) is 76.2 Å². The van der Waals surface area contributed by atoms with Crippen molar-refractivity contribution in [1.29, 1.82) is 0 Å². The molecule has 0 aromatic heterocycles. The third kappa shape index (κ3) is 7.26. The highest BCUT2D eigenvalue weighted by atomic mass is 16.5. The number of hydrogen-bond acceptors (Lipinski definition) is 8. The number of aliphatic hydroxyl groups is 2. The van der Waals surface area contributed by atoms with Gasteiger partial charge in [-0.05, 0) is 92.6 Å². The van der Waals surface area contributed by atoms with Crippen LogP contribution in [0.25, 0.3) is 11.1 Å². The molecule has 2 aromatic carbocycles. The number of hydrogen-bond donors (Lipinski definition) is 4. The summed E-state index contributed by atoms with van der Waals surface area (Å²) in [5.74, 6) is 1.37. The van der Waals surface area contributed by atoms with Crippen molar-refractivity contribution < 1.29 is 24.5 Å². The maximum Gasteiger partial charge on any atom is 0.251 e. The van der Waals surface area contributed by atoms with Crippen molar-refractivity contribution in [3.05, 3.63) is 47.5 Å². The summed E-state index contributed by atoms with van der Waals surface area (Å²) in [4.78, 5) is 34.2. The Bertz CT molecular complexity index is 1580. The highest BCUT2D eigenvalue weighted by molar-refractivity contribution is 5.97. The van der Waals surface area contributed by atoms with Crippen LogP contribution in [0, 0.1) is 29.1 Å². The van der Waals surface area contributed by atoms with Gasteiger partial charge in [-0.2, -0.15) is 0 Å². The van der Waals surface area contributed by atoms with E-state index in [1.54, 1.807) is 14.0 Å². The minimum absolute atomic E-state index is 0.0838. The Hall–Kier alpha value is -3.18. The number of fused-ring (bicyclic) bond motifs is 2. The lowest BCUT2D eigenvalue weighted by Gasteiger charge is -2.62. The summed E-state index contributed by atoms with van der Waals surface area (Å²) < 4.78 is 6.09. The largest absolute Gasteiger partial charge is 0.496 e. The molecule has 2 heterocycles. The normalized spacial score (nSPS) is 30.8. The van der Waals surface area contributed by atoms with Gasteiger partial charge in [-0.15, -0.1) is 0 Å². The summed E-state index contributed by atoms with van der Waals surface area (Å²) in [6, 6.07) is 11.6. The number of amides is 2. The second-order valence-corrected chi connectivity index (χ2v) is 16.6. The zero-order chi connectivity index (χ0) is 36.8. The van der Waals surface area contributed by atoms with Crippen molar-refractivity contribution in [3.8, 4) is 16.9 Å². The van der Waals surface area contributed by atoms with E-state index >= 15 is 0 Å². The van der Waals surface area contributed by atoms with E-state index in [1.165, 1.54) is 6.42 Å². The standard InChI is InChI=1S/C41H61N5O5/c1-9-45-15-11-13-30(45)21-42-39(49)28-16-27(17-31(18-28)44(6)7)32-14-10-12-26(38(32)51-8)22-46-23-35(48)36(25(3)47)37(46)40(50)43-34-20-29-19-33(24(34)2)41(29,4)5/h10,12,14,16-18,24-25,29-30,33-37,47-48H,9,11,13,15,19-23H2,1-8H3,(H,42,49)(H,43,50)/t24-,25-,29+,30+,33-,34+,35-,36+,37-/m0/s1. The summed E-state index contributed by atoms with van der Waals surface area (Å²) in [5.41, 5.74) is 4.35. The van der Waals surface area contributed by atoms with E-state index in [9.17, 15) is 19.8 Å². The summed E-state index contributed by atoms with van der Waals surface area (Å²) in [7, 11) is 5.57. The van der Waals surface area contributed by atoms with E-state index in [-0.39, 0.29) is 24.4 Å². The van der Waals surface area contributed by atoms with Gasteiger partial charge < -0.3 is 30.5 Å². The number of carbonyl (C=O) groups excluding carboxylic acids is 2. The number of ether oxygens (including phenoxy) is 1. The third-order valence-corrected chi connectivity index (χ3v) is 13.2. The molecule has 2 saturated heterocycles. The molecule has 3 aliphatic carbocycles. The molecule has 0 unspecified atom stereocenters. The molecule has 280 valence electrons. The third-order valence-electron chi connectivity index (χ3n) is 13.2. The van der Waals surface area contributed by atoms with Crippen LogP contribution in [-0.2, 0) is 11.3 Å². The van der Waals surface area contributed by atoms with E-state index in [2.05, 4.69) is 49.3 Å². The number of carbonyl (C=O) groups is 2. The van der Waals surface area contributed by atoms with Crippen molar-refractivity contribution in [1.82, 2.24) is 20.4 Å². The van der Waals surface area contributed by atoms with Gasteiger partial charge in [-0.1, -0.05) is 45.9 Å². The number of anilines is 1. The van der Waals surface area contributed by atoms with Gasteiger partial charge in [0.05, 0.1) is 25.4 Å². The van der Waals surface area contributed by atoms with Crippen LogP contribution < -0.4 is 20.3 Å². The monoisotopic (exact) mass is 703 g/mol. The van der Waals surface area contributed by atoms with Gasteiger partial charge in [-0.25, -0.2) is 0 Å². The van der Waals surface area contributed by atoms with Crippen LogP contribution in [0.2, 0.25) is 0 Å². The van der Waals surface area contributed by atoms with E-state index in [4.69, 9.17) is 4.74 Å². The first-order valence-electron chi connectivity index (χ1n) is 19.2. The topological polar surface area (TPSA) is 118 Å². The molecule has 5 aliphatic rings. The van der Waals surface area contributed by atoms with Crippen LogP contribution in [0.3, 0.4) is 0 Å². The van der Waals surface area contributed by atoms with Crippen molar-refractivity contribution in [2.75, 3.05) is 52.3 Å². The molecule has 2 aromatic rings. The first-order chi connectivity index (χ1) is 24.2. The van der Waals surface area contributed by atoms with E-state index in [0.29, 0.717) is 53.6 Å². The predicted molar refractivity (Wildman–Crippen MR) is 202 cm³/mol. The Kier molecular flexibility index (Phi) is 11.1. The van der Waals surface area contributed by atoms with E-state index in [1.807, 2.05) is 54.2 Å². The van der Waals surface area contributed by atoms with Gasteiger partial charge in [0.1, 0.15) is 5.75 Å². The Morgan fingerprint density at radius 2 is 1.90 bits per heavy atom. The molecule has 2 amide bonds. The molecule has 10 heteroatoms. The fourth-order valence-corrected chi connectivity index (χ4v) is 10.0. The number of rotatable bonds is 12. The molecule has 5 fully saturated rings. The second kappa shape index (κ2) is 15.0. The zero-order valence-electron chi connectivity index (χ0n) is 32.0. The molecule has 3 saturated carbocycles. The van der Waals surface area contributed by atoms with Crippen LogP contribution in [0.15, 0.2) is 36.4 Å². The van der Waals surface area contributed by atoms with Crippen molar-refractivity contribution in [2.24, 2.45) is 29.1 Å². The molecule has 0 spiro atoms. The number of benzene rings is 2. The van der Waals surface area contributed by atoms with Crippen LogP contribution in [0.5, 0.6) is 5.75 Å². The first kappa shape index (κ1) is 37.6. The van der Waals surface area contributed by atoms with Crippen LogP contribution in [0.4, 0.5) is 5.69 Å². The average molecular weight is 704 g/mol. The Morgan fingerprint density at radius 3 is 2.55 bits per heavy atom. The maximum absolute atomic E-state index is 14.2. The first-order valence-corrected chi connectivity index (χ1v) is 19.2. The highest BCUT2D eigenvalue weighted by Gasteiger charge is 2.57. The number of likely N-dealkylation sites (N-methyl/N-ethyl adjacent to an activating group) is 1. The number of β-amino-alcohol motifs (C(OH)–C–C–N with tert-alkyl or cyclic N) is 1. The molecule has 10 nitrogen and oxygen atoms in total. The SMILES string of the molecule is CCN1CCC[C@@H]1CNC(=O)c1cc(-c2cccc(CN3C[C@H](O)[C@@H]([C@H](C)O)[C@H]3C(=O)N[C@@H]3C[C@H]4C[C@@H]([C@@H]3C)C4(C)C)c2OC)cc(N(C)C)c1. The molecule has 0 radical (unpaired) electrons. The van der Waals surface area contributed by atoms with Gasteiger partial charge in [0, 0.05) is 74.1 Å². The smallest absolute Gasteiger partial charge is 0.251 e. The molecule has 4 N–H and O–H groups in total. The second-order valence-electron chi connectivity index (χ2n) is 16.6. The number of methoxy groups -OCH3 is 1.